The number of likely N-dealkylation sites (tertiary alicyclic amines) is 1. The molecule has 0 spiro atoms. The molecular formula is C24H22Cl2FN5O3S. The van der Waals surface area contributed by atoms with Gasteiger partial charge in [-0.3, -0.25) is 4.79 Å². The minimum atomic E-state index is -3.83. The molecule has 12 heteroatoms. The van der Waals surface area contributed by atoms with Crippen LogP contribution in [0.1, 0.15) is 12.8 Å². The molecule has 0 saturated carbocycles. The van der Waals surface area contributed by atoms with Crippen LogP contribution in [0.25, 0.3) is 21.7 Å². The van der Waals surface area contributed by atoms with Crippen molar-refractivity contribution < 1.29 is 12.8 Å². The van der Waals surface area contributed by atoms with Gasteiger partial charge in [0.2, 0.25) is 15.6 Å². The van der Waals surface area contributed by atoms with Gasteiger partial charge in [-0.1, -0.05) is 23.2 Å². The summed E-state index contributed by atoms with van der Waals surface area (Å²) in [6, 6.07) is 8.09. The van der Waals surface area contributed by atoms with Crippen LogP contribution in [0.2, 0.25) is 10.0 Å². The maximum atomic E-state index is 13.9. The summed E-state index contributed by atoms with van der Waals surface area (Å²) in [5, 5.41) is 4.65. The van der Waals surface area contributed by atoms with Gasteiger partial charge >= 0.3 is 0 Å². The van der Waals surface area contributed by atoms with Gasteiger partial charge in [-0.2, -0.15) is 0 Å². The fourth-order valence-corrected chi connectivity index (χ4v) is 6.14. The third-order valence-corrected chi connectivity index (χ3v) is 8.19. The Morgan fingerprint density at radius 3 is 2.47 bits per heavy atom. The number of rotatable bonds is 7. The largest absolute Gasteiger partial charge is 0.337 e. The standard InChI is InChI=1S/C24H22Cl2FN5O3S/c25-19-10-15(36(34,35)29-5-8-32-6-1-2-7-32)11-20(26)23(19)31-24-17-12-22(33)28-13-18(17)16-9-14(27)3-4-21(16)30-24/h3-4,9-13,29H,1-2,5-8H2,(H,28,33)(H,30,31). The summed E-state index contributed by atoms with van der Waals surface area (Å²) in [7, 11) is -3.83. The number of benzene rings is 2. The Kier molecular flexibility index (Phi) is 6.88. The molecule has 188 valence electrons. The molecule has 2 aromatic heterocycles. The highest BCUT2D eigenvalue weighted by Crippen LogP contribution is 2.37. The zero-order chi connectivity index (χ0) is 25.4. The minimum Gasteiger partial charge on any atom is -0.337 e. The Morgan fingerprint density at radius 1 is 1.03 bits per heavy atom. The van der Waals surface area contributed by atoms with Gasteiger partial charge in [0.05, 0.1) is 26.1 Å². The van der Waals surface area contributed by atoms with E-state index in [-0.39, 0.29) is 38.6 Å². The first-order valence-electron chi connectivity index (χ1n) is 11.3. The summed E-state index contributed by atoms with van der Waals surface area (Å²) in [5.41, 5.74) is 0.332. The second kappa shape index (κ2) is 9.95. The van der Waals surface area contributed by atoms with Crippen LogP contribution in [-0.2, 0) is 10.0 Å². The fourth-order valence-electron chi connectivity index (χ4n) is 4.36. The summed E-state index contributed by atoms with van der Waals surface area (Å²) in [5.74, 6) is -0.173. The lowest BCUT2D eigenvalue weighted by molar-refractivity contribution is 0.344. The molecule has 3 heterocycles. The summed E-state index contributed by atoms with van der Waals surface area (Å²) in [6.07, 6.45) is 3.73. The number of H-pyrrole nitrogens is 1. The number of hydrogen-bond donors (Lipinski definition) is 3. The molecule has 1 aliphatic heterocycles. The van der Waals surface area contributed by atoms with Gasteiger partial charge in [0.1, 0.15) is 11.6 Å². The van der Waals surface area contributed by atoms with Crippen molar-refractivity contribution in [3.8, 4) is 0 Å². The highest BCUT2D eigenvalue weighted by molar-refractivity contribution is 7.89. The number of pyridine rings is 2. The van der Waals surface area contributed by atoms with E-state index in [1.54, 1.807) is 0 Å². The lowest BCUT2D eigenvalue weighted by Crippen LogP contribution is -2.33. The lowest BCUT2D eigenvalue weighted by Gasteiger charge is -2.16. The SMILES string of the molecule is O=c1cc2c(Nc3c(Cl)cc(S(=O)(=O)NCCN4CCCC4)cc3Cl)nc3ccc(F)cc3c2c[nH]1. The third kappa shape index (κ3) is 5.05. The van der Waals surface area contributed by atoms with Gasteiger partial charge in [0.25, 0.3) is 0 Å². The van der Waals surface area contributed by atoms with E-state index in [4.69, 9.17) is 23.2 Å². The van der Waals surface area contributed by atoms with Crippen molar-refractivity contribution in [2.45, 2.75) is 17.7 Å². The first kappa shape index (κ1) is 24.9. The Bertz CT molecular complexity index is 1620. The summed E-state index contributed by atoms with van der Waals surface area (Å²) < 4.78 is 42.1. The molecular weight excluding hydrogens is 528 g/mol. The van der Waals surface area contributed by atoms with E-state index in [9.17, 15) is 17.6 Å². The van der Waals surface area contributed by atoms with E-state index in [2.05, 4.69) is 24.9 Å². The Labute approximate surface area is 216 Å². The number of halogens is 3. The van der Waals surface area contributed by atoms with Gasteiger partial charge in [-0.25, -0.2) is 22.5 Å². The van der Waals surface area contributed by atoms with Crippen molar-refractivity contribution in [3.05, 3.63) is 68.8 Å². The monoisotopic (exact) mass is 549 g/mol. The highest BCUT2D eigenvalue weighted by Gasteiger charge is 2.20. The summed E-state index contributed by atoms with van der Waals surface area (Å²) in [6.45, 7) is 2.85. The minimum absolute atomic E-state index is 0.0569. The van der Waals surface area contributed by atoms with E-state index in [1.165, 1.54) is 42.6 Å². The number of fused-ring (bicyclic) bond motifs is 3. The van der Waals surface area contributed by atoms with Gasteiger partial charge in [-0.05, 0) is 56.3 Å². The molecule has 36 heavy (non-hydrogen) atoms. The molecule has 1 aliphatic rings. The average Bonchev–Trinajstić information content (AvgIpc) is 3.35. The van der Waals surface area contributed by atoms with Crippen molar-refractivity contribution >= 4 is 66.4 Å². The van der Waals surface area contributed by atoms with Crippen LogP contribution in [0, 0.1) is 5.82 Å². The van der Waals surface area contributed by atoms with Gasteiger partial charge in [-0.15, -0.1) is 0 Å². The average molecular weight is 550 g/mol. The summed E-state index contributed by atoms with van der Waals surface area (Å²) >= 11 is 12.9. The van der Waals surface area contributed by atoms with Gasteiger partial charge in [0, 0.05) is 41.5 Å². The fraction of sp³-hybridized carbons (Fsp3) is 0.250. The van der Waals surface area contributed by atoms with Crippen LogP contribution in [0.4, 0.5) is 15.9 Å². The smallest absolute Gasteiger partial charge is 0.248 e. The number of aromatic nitrogens is 2. The van der Waals surface area contributed by atoms with Crippen molar-refractivity contribution in [2.24, 2.45) is 0 Å². The van der Waals surface area contributed by atoms with Crippen LogP contribution in [0.5, 0.6) is 0 Å². The van der Waals surface area contributed by atoms with Gasteiger partial charge < -0.3 is 15.2 Å². The number of nitrogens with zero attached hydrogens (tertiary/aromatic N) is 2. The normalized spacial score (nSPS) is 14.6. The number of nitrogens with one attached hydrogen (secondary N) is 3. The molecule has 0 atom stereocenters. The van der Waals surface area contributed by atoms with Crippen LogP contribution < -0.4 is 15.6 Å². The van der Waals surface area contributed by atoms with E-state index >= 15 is 0 Å². The molecule has 0 unspecified atom stereocenters. The maximum Gasteiger partial charge on any atom is 0.248 e. The molecule has 1 saturated heterocycles. The van der Waals surface area contributed by atoms with Crippen LogP contribution in [0.3, 0.4) is 0 Å². The second-order valence-electron chi connectivity index (χ2n) is 8.58. The quantitative estimate of drug-likeness (QED) is 0.290. The molecule has 8 nitrogen and oxygen atoms in total. The summed E-state index contributed by atoms with van der Waals surface area (Å²) in [4.78, 5) is 21.3. The predicted molar refractivity (Wildman–Crippen MR) is 140 cm³/mol. The molecule has 0 bridgehead atoms. The lowest BCUT2D eigenvalue weighted by atomic mass is 10.1. The van der Waals surface area contributed by atoms with Crippen LogP contribution in [0.15, 0.2) is 52.3 Å². The van der Waals surface area contributed by atoms with Crippen molar-refractivity contribution in [3.63, 3.8) is 0 Å². The zero-order valence-electron chi connectivity index (χ0n) is 18.9. The molecule has 3 N–H and O–H groups in total. The second-order valence-corrected chi connectivity index (χ2v) is 11.2. The molecule has 0 aliphatic carbocycles. The number of anilines is 2. The maximum absolute atomic E-state index is 13.9. The number of sulfonamides is 1. The van der Waals surface area contributed by atoms with E-state index in [0.29, 0.717) is 28.2 Å². The molecule has 5 rings (SSSR count). The Hall–Kier alpha value is -2.76. The van der Waals surface area contributed by atoms with E-state index in [0.717, 1.165) is 25.9 Å². The Morgan fingerprint density at radius 2 is 1.75 bits per heavy atom. The molecule has 1 fully saturated rings. The molecule has 0 amide bonds. The highest BCUT2D eigenvalue weighted by atomic mass is 35.5. The predicted octanol–water partition coefficient (Wildman–Crippen LogP) is 4.64. The topological polar surface area (TPSA) is 107 Å². The van der Waals surface area contributed by atoms with Crippen molar-refractivity contribution in [2.75, 3.05) is 31.5 Å². The number of aromatic amines is 1. The van der Waals surface area contributed by atoms with Crippen molar-refractivity contribution in [1.82, 2.24) is 19.6 Å². The van der Waals surface area contributed by atoms with Crippen LogP contribution >= 0.6 is 23.2 Å². The third-order valence-electron chi connectivity index (χ3n) is 6.15. The van der Waals surface area contributed by atoms with Crippen LogP contribution in [-0.4, -0.2) is 49.5 Å². The van der Waals surface area contributed by atoms with E-state index < -0.39 is 15.8 Å². The molecule has 4 aromatic rings. The first-order chi connectivity index (χ1) is 17.2. The first-order valence-corrected chi connectivity index (χ1v) is 13.5. The molecule has 2 aromatic carbocycles. The van der Waals surface area contributed by atoms with Crippen molar-refractivity contribution in [1.29, 1.82) is 0 Å². The molecule has 0 radical (unpaired) electrons. The Balaban J connectivity index is 1.47. The number of hydrogen-bond acceptors (Lipinski definition) is 6. The van der Waals surface area contributed by atoms with Gasteiger partial charge in [0.15, 0.2) is 0 Å². The zero-order valence-corrected chi connectivity index (χ0v) is 21.3. The van der Waals surface area contributed by atoms with E-state index in [1.807, 2.05) is 0 Å².